The fraction of sp³-hybridized carbons (Fsp3) is 0.438. The molecular formula is C16H20N8O. The molecule has 9 heteroatoms. The maximum atomic E-state index is 11.7. The third-order valence-corrected chi connectivity index (χ3v) is 4.66. The summed E-state index contributed by atoms with van der Waals surface area (Å²) in [5.74, 6) is 1.70. The summed E-state index contributed by atoms with van der Waals surface area (Å²) < 4.78 is 3.24. The Hall–Kier alpha value is -2.81. The van der Waals surface area contributed by atoms with Crippen molar-refractivity contribution in [3.63, 3.8) is 0 Å². The Bertz CT molecular complexity index is 972. The van der Waals surface area contributed by atoms with Crippen molar-refractivity contribution in [2.75, 3.05) is 25.0 Å². The third kappa shape index (κ3) is 2.86. The van der Waals surface area contributed by atoms with Crippen LogP contribution in [0.4, 0.5) is 5.82 Å². The molecule has 9 nitrogen and oxygen atoms in total. The van der Waals surface area contributed by atoms with E-state index in [1.54, 1.807) is 24.0 Å². The highest BCUT2D eigenvalue weighted by atomic mass is 16.1. The Morgan fingerprint density at radius 2 is 2.08 bits per heavy atom. The van der Waals surface area contributed by atoms with Crippen LogP contribution in [0, 0.1) is 6.92 Å². The topological polar surface area (TPSA) is 84.5 Å². The fourth-order valence-corrected chi connectivity index (χ4v) is 2.95. The standard InChI is InChI=1S/C16H20N8O/c1-11-18-19-14-4-5-15(20-24(11)14)23-8-13(9-23)21(2)7-12-6-16(25)22(3)10-17-12/h4-6,10,13H,7-9H2,1-3H3. The molecule has 0 unspecified atom stereocenters. The fourth-order valence-electron chi connectivity index (χ4n) is 2.95. The van der Waals surface area contributed by atoms with Crippen molar-refractivity contribution in [1.29, 1.82) is 0 Å². The van der Waals surface area contributed by atoms with Gasteiger partial charge >= 0.3 is 0 Å². The summed E-state index contributed by atoms with van der Waals surface area (Å²) in [7, 11) is 3.76. The molecule has 0 aromatic carbocycles. The number of likely N-dealkylation sites (N-methyl/N-ethyl adjacent to an activating group) is 1. The van der Waals surface area contributed by atoms with Gasteiger partial charge in [0.15, 0.2) is 11.5 Å². The van der Waals surface area contributed by atoms with Crippen molar-refractivity contribution in [2.45, 2.75) is 19.5 Å². The van der Waals surface area contributed by atoms with E-state index in [-0.39, 0.29) is 5.56 Å². The summed E-state index contributed by atoms with van der Waals surface area (Å²) in [5, 5.41) is 12.7. The van der Waals surface area contributed by atoms with E-state index in [9.17, 15) is 4.79 Å². The number of nitrogens with zero attached hydrogens (tertiary/aromatic N) is 8. The normalized spacial score (nSPS) is 15.1. The van der Waals surface area contributed by atoms with Crippen LogP contribution in [0.5, 0.6) is 0 Å². The molecule has 0 aliphatic carbocycles. The maximum absolute atomic E-state index is 11.7. The van der Waals surface area contributed by atoms with E-state index in [1.165, 1.54) is 4.57 Å². The first-order chi connectivity index (χ1) is 12.0. The van der Waals surface area contributed by atoms with Crippen molar-refractivity contribution in [2.24, 2.45) is 7.05 Å². The molecule has 1 aliphatic heterocycles. The van der Waals surface area contributed by atoms with Gasteiger partial charge in [-0.15, -0.1) is 15.3 Å². The van der Waals surface area contributed by atoms with E-state index >= 15 is 0 Å². The van der Waals surface area contributed by atoms with Gasteiger partial charge in [0.2, 0.25) is 0 Å². The number of fused-ring (bicyclic) bond motifs is 1. The molecule has 1 aliphatic rings. The highest BCUT2D eigenvalue weighted by Crippen LogP contribution is 2.22. The molecular weight excluding hydrogens is 320 g/mol. The summed E-state index contributed by atoms with van der Waals surface area (Å²) in [6.45, 7) is 4.33. The molecule has 25 heavy (non-hydrogen) atoms. The Morgan fingerprint density at radius 3 is 2.84 bits per heavy atom. The van der Waals surface area contributed by atoms with Crippen molar-refractivity contribution < 1.29 is 0 Å². The summed E-state index contributed by atoms with van der Waals surface area (Å²) in [4.78, 5) is 20.5. The van der Waals surface area contributed by atoms with E-state index in [2.05, 4.69) is 37.1 Å². The first-order valence-electron chi connectivity index (χ1n) is 8.17. The maximum Gasteiger partial charge on any atom is 0.253 e. The van der Waals surface area contributed by atoms with E-state index in [0.717, 1.165) is 36.1 Å². The first kappa shape index (κ1) is 15.7. The van der Waals surface area contributed by atoms with Gasteiger partial charge in [-0.3, -0.25) is 9.69 Å². The second-order valence-electron chi connectivity index (χ2n) is 6.51. The smallest absolute Gasteiger partial charge is 0.253 e. The average Bonchev–Trinajstić information content (AvgIpc) is 2.91. The van der Waals surface area contributed by atoms with Crippen LogP contribution in [0.2, 0.25) is 0 Å². The largest absolute Gasteiger partial charge is 0.352 e. The summed E-state index contributed by atoms with van der Waals surface area (Å²) >= 11 is 0. The van der Waals surface area contributed by atoms with Crippen LogP contribution in [0.1, 0.15) is 11.5 Å². The highest BCUT2D eigenvalue weighted by Gasteiger charge is 2.31. The molecule has 0 radical (unpaired) electrons. The molecule has 0 spiro atoms. The minimum absolute atomic E-state index is 0.0320. The van der Waals surface area contributed by atoms with Crippen molar-refractivity contribution in [3.05, 3.63) is 46.4 Å². The Balaban J connectivity index is 1.40. The quantitative estimate of drug-likeness (QED) is 0.653. The van der Waals surface area contributed by atoms with Gasteiger partial charge in [-0.25, -0.2) is 4.98 Å². The summed E-state index contributed by atoms with van der Waals surface area (Å²) in [5.41, 5.74) is 1.52. The molecule has 4 heterocycles. The average molecular weight is 340 g/mol. The molecule has 0 amide bonds. The molecule has 1 fully saturated rings. The minimum Gasteiger partial charge on any atom is -0.352 e. The molecule has 0 saturated carbocycles. The van der Waals surface area contributed by atoms with Gasteiger partial charge < -0.3 is 9.47 Å². The Labute approximate surface area is 144 Å². The number of aryl methyl sites for hydroxylation is 2. The van der Waals surface area contributed by atoms with Crippen molar-refractivity contribution in [1.82, 2.24) is 34.3 Å². The molecule has 3 aromatic rings. The lowest BCUT2D eigenvalue weighted by atomic mass is 10.1. The lowest BCUT2D eigenvalue weighted by Gasteiger charge is -2.44. The van der Waals surface area contributed by atoms with Crippen LogP contribution >= 0.6 is 0 Å². The van der Waals surface area contributed by atoms with Crippen LogP contribution in [0.25, 0.3) is 5.65 Å². The third-order valence-electron chi connectivity index (χ3n) is 4.66. The zero-order chi connectivity index (χ0) is 17.6. The number of aromatic nitrogens is 6. The predicted molar refractivity (Wildman–Crippen MR) is 92.5 cm³/mol. The number of rotatable bonds is 4. The number of anilines is 1. The van der Waals surface area contributed by atoms with Crippen LogP contribution in [-0.4, -0.2) is 60.4 Å². The van der Waals surface area contributed by atoms with Gasteiger partial charge in [-0.05, 0) is 26.1 Å². The van der Waals surface area contributed by atoms with Gasteiger partial charge in [0.25, 0.3) is 5.56 Å². The molecule has 0 bridgehead atoms. The second kappa shape index (κ2) is 5.92. The van der Waals surface area contributed by atoms with E-state index in [1.807, 2.05) is 19.1 Å². The molecule has 3 aromatic heterocycles. The number of hydrogen-bond donors (Lipinski definition) is 0. The van der Waals surface area contributed by atoms with Gasteiger partial charge in [-0.2, -0.15) is 4.52 Å². The SMILES string of the molecule is Cc1nnc2ccc(N3CC(N(C)Cc4cc(=O)n(C)cn4)C3)nn12. The zero-order valence-electron chi connectivity index (χ0n) is 14.5. The van der Waals surface area contributed by atoms with Crippen molar-refractivity contribution >= 4 is 11.5 Å². The van der Waals surface area contributed by atoms with Gasteiger partial charge in [0.05, 0.1) is 12.0 Å². The van der Waals surface area contributed by atoms with E-state index in [0.29, 0.717) is 12.6 Å². The Kier molecular flexibility index (Phi) is 3.72. The van der Waals surface area contributed by atoms with E-state index < -0.39 is 0 Å². The molecule has 130 valence electrons. The van der Waals surface area contributed by atoms with E-state index in [4.69, 9.17) is 0 Å². The second-order valence-corrected chi connectivity index (χ2v) is 6.51. The van der Waals surface area contributed by atoms with Crippen LogP contribution in [0.3, 0.4) is 0 Å². The summed E-state index contributed by atoms with van der Waals surface area (Å²) in [6, 6.07) is 5.91. The monoisotopic (exact) mass is 340 g/mol. The lowest BCUT2D eigenvalue weighted by Crippen LogP contribution is -2.58. The highest BCUT2D eigenvalue weighted by molar-refractivity contribution is 5.47. The van der Waals surface area contributed by atoms with Crippen LogP contribution in [0.15, 0.2) is 29.3 Å². The van der Waals surface area contributed by atoms with Crippen molar-refractivity contribution in [3.8, 4) is 0 Å². The van der Waals surface area contributed by atoms with Crippen LogP contribution in [-0.2, 0) is 13.6 Å². The lowest BCUT2D eigenvalue weighted by molar-refractivity contribution is 0.194. The predicted octanol–water partition coefficient (Wildman–Crippen LogP) is -0.153. The van der Waals surface area contributed by atoms with Gasteiger partial charge in [-0.1, -0.05) is 0 Å². The number of hydrogen-bond acceptors (Lipinski definition) is 7. The van der Waals surface area contributed by atoms with Crippen LogP contribution < -0.4 is 10.5 Å². The zero-order valence-corrected chi connectivity index (χ0v) is 14.5. The minimum atomic E-state index is -0.0320. The van der Waals surface area contributed by atoms with Gasteiger partial charge in [0.1, 0.15) is 5.82 Å². The molecule has 4 rings (SSSR count). The molecule has 0 N–H and O–H groups in total. The first-order valence-corrected chi connectivity index (χ1v) is 8.17. The van der Waals surface area contributed by atoms with Gasteiger partial charge in [0, 0.05) is 38.8 Å². The Morgan fingerprint density at radius 1 is 1.28 bits per heavy atom. The molecule has 0 atom stereocenters. The molecule has 1 saturated heterocycles. The summed E-state index contributed by atoms with van der Waals surface area (Å²) in [6.07, 6.45) is 1.57.